The zero-order valence-corrected chi connectivity index (χ0v) is 10.7. The smallest absolute Gasteiger partial charge is 0.241 e. The van der Waals surface area contributed by atoms with Crippen molar-refractivity contribution in [3.05, 3.63) is 0 Å². The molecule has 1 aliphatic rings. The van der Waals surface area contributed by atoms with E-state index in [1.807, 2.05) is 11.8 Å². The maximum absolute atomic E-state index is 12.0. The lowest BCUT2D eigenvalue weighted by atomic mass is 10.1. The Morgan fingerprint density at radius 3 is 2.44 bits per heavy atom. The fourth-order valence-electron chi connectivity index (χ4n) is 1.78. The molecule has 0 aromatic heterocycles. The SMILES string of the molecule is CC(C)CONC(C)C(=O)N1CCCCC1. The van der Waals surface area contributed by atoms with Gasteiger partial charge >= 0.3 is 0 Å². The van der Waals surface area contributed by atoms with Gasteiger partial charge in [0.25, 0.3) is 0 Å². The minimum Gasteiger partial charge on any atom is -0.341 e. The second-order valence-electron chi connectivity index (χ2n) is 4.93. The highest BCUT2D eigenvalue weighted by molar-refractivity contribution is 5.81. The van der Waals surface area contributed by atoms with Crippen LogP contribution in [0.15, 0.2) is 0 Å². The fraction of sp³-hybridized carbons (Fsp3) is 0.917. The first-order valence-corrected chi connectivity index (χ1v) is 6.27. The van der Waals surface area contributed by atoms with Crippen molar-refractivity contribution in [2.45, 2.75) is 46.1 Å². The van der Waals surface area contributed by atoms with Gasteiger partial charge in [-0.3, -0.25) is 4.79 Å². The van der Waals surface area contributed by atoms with E-state index >= 15 is 0 Å². The molecule has 0 bridgehead atoms. The number of hydroxylamine groups is 1. The third-order valence-corrected chi connectivity index (χ3v) is 2.71. The molecule has 0 aromatic carbocycles. The molecular formula is C12H24N2O2. The Morgan fingerprint density at radius 1 is 1.25 bits per heavy atom. The first-order chi connectivity index (χ1) is 7.61. The van der Waals surface area contributed by atoms with Crippen molar-refractivity contribution < 1.29 is 9.63 Å². The largest absolute Gasteiger partial charge is 0.341 e. The van der Waals surface area contributed by atoms with Gasteiger partial charge in [0.15, 0.2) is 0 Å². The van der Waals surface area contributed by atoms with E-state index in [4.69, 9.17) is 4.84 Å². The van der Waals surface area contributed by atoms with Crippen LogP contribution in [0.3, 0.4) is 0 Å². The number of nitrogens with zero attached hydrogens (tertiary/aromatic N) is 1. The van der Waals surface area contributed by atoms with Crippen LogP contribution in [-0.2, 0) is 9.63 Å². The monoisotopic (exact) mass is 228 g/mol. The van der Waals surface area contributed by atoms with Gasteiger partial charge in [-0.15, -0.1) is 0 Å². The van der Waals surface area contributed by atoms with Gasteiger partial charge in [-0.2, -0.15) is 5.48 Å². The van der Waals surface area contributed by atoms with Crippen molar-refractivity contribution >= 4 is 5.91 Å². The van der Waals surface area contributed by atoms with E-state index in [9.17, 15) is 4.79 Å². The zero-order chi connectivity index (χ0) is 12.0. The van der Waals surface area contributed by atoms with Gasteiger partial charge in [-0.25, -0.2) is 0 Å². The van der Waals surface area contributed by atoms with Crippen LogP contribution < -0.4 is 5.48 Å². The van der Waals surface area contributed by atoms with Crippen molar-refractivity contribution in [2.24, 2.45) is 5.92 Å². The lowest BCUT2D eigenvalue weighted by molar-refractivity contribution is -0.138. The van der Waals surface area contributed by atoms with Crippen LogP contribution in [0.5, 0.6) is 0 Å². The molecule has 94 valence electrons. The van der Waals surface area contributed by atoms with Crippen LogP contribution in [0.4, 0.5) is 0 Å². The van der Waals surface area contributed by atoms with Gasteiger partial charge < -0.3 is 9.74 Å². The molecule has 4 nitrogen and oxygen atoms in total. The summed E-state index contributed by atoms with van der Waals surface area (Å²) in [5, 5.41) is 0. The second-order valence-corrected chi connectivity index (χ2v) is 4.93. The standard InChI is InChI=1S/C12H24N2O2/c1-10(2)9-16-13-11(3)12(15)14-7-5-4-6-8-14/h10-11,13H,4-9H2,1-3H3. The maximum Gasteiger partial charge on any atom is 0.241 e. The van der Waals surface area contributed by atoms with Gasteiger partial charge in [-0.1, -0.05) is 13.8 Å². The first kappa shape index (κ1) is 13.5. The molecule has 1 rings (SSSR count). The summed E-state index contributed by atoms with van der Waals surface area (Å²) in [6.45, 7) is 8.45. The van der Waals surface area contributed by atoms with E-state index in [1.165, 1.54) is 6.42 Å². The molecule has 1 unspecified atom stereocenters. The van der Waals surface area contributed by atoms with E-state index in [1.54, 1.807) is 0 Å². The lowest BCUT2D eigenvalue weighted by Crippen LogP contribution is -2.46. The topological polar surface area (TPSA) is 41.6 Å². The van der Waals surface area contributed by atoms with E-state index in [-0.39, 0.29) is 11.9 Å². The Morgan fingerprint density at radius 2 is 1.88 bits per heavy atom. The Bertz CT molecular complexity index is 213. The molecule has 16 heavy (non-hydrogen) atoms. The summed E-state index contributed by atoms with van der Waals surface area (Å²) in [7, 11) is 0. The molecular weight excluding hydrogens is 204 g/mol. The highest BCUT2D eigenvalue weighted by atomic mass is 16.6. The molecule has 1 heterocycles. The molecule has 1 N–H and O–H groups in total. The molecule has 4 heteroatoms. The number of carbonyl (C=O) groups excluding carboxylic acids is 1. The summed E-state index contributed by atoms with van der Waals surface area (Å²) < 4.78 is 0. The van der Waals surface area contributed by atoms with Gasteiger partial charge in [-0.05, 0) is 32.1 Å². The molecule has 0 saturated carbocycles. The number of rotatable bonds is 5. The van der Waals surface area contributed by atoms with Crippen molar-refractivity contribution in [3.8, 4) is 0 Å². The molecule has 0 spiro atoms. The van der Waals surface area contributed by atoms with Crippen LogP contribution in [-0.4, -0.2) is 36.5 Å². The van der Waals surface area contributed by atoms with E-state index in [2.05, 4.69) is 19.3 Å². The Labute approximate surface area is 98.3 Å². The van der Waals surface area contributed by atoms with Crippen molar-refractivity contribution in [1.29, 1.82) is 0 Å². The van der Waals surface area contributed by atoms with Crippen LogP contribution >= 0.6 is 0 Å². The minimum atomic E-state index is -0.239. The Kier molecular flexibility index (Phi) is 5.77. The molecule has 1 fully saturated rings. The number of piperidine rings is 1. The third kappa shape index (κ3) is 4.49. The molecule has 0 aliphatic carbocycles. The van der Waals surface area contributed by atoms with Crippen molar-refractivity contribution in [2.75, 3.05) is 19.7 Å². The minimum absolute atomic E-state index is 0.156. The lowest BCUT2D eigenvalue weighted by Gasteiger charge is -2.29. The molecule has 0 aromatic rings. The van der Waals surface area contributed by atoms with Crippen molar-refractivity contribution in [1.82, 2.24) is 10.4 Å². The van der Waals surface area contributed by atoms with E-state index in [0.717, 1.165) is 25.9 Å². The summed E-state index contributed by atoms with van der Waals surface area (Å²) >= 11 is 0. The molecule has 1 atom stereocenters. The third-order valence-electron chi connectivity index (χ3n) is 2.71. The normalized spacial score (nSPS) is 18.9. The predicted octanol–water partition coefficient (Wildman–Crippen LogP) is 1.56. The Hall–Kier alpha value is -0.610. The average molecular weight is 228 g/mol. The van der Waals surface area contributed by atoms with Crippen LogP contribution in [0.25, 0.3) is 0 Å². The first-order valence-electron chi connectivity index (χ1n) is 6.27. The molecule has 1 saturated heterocycles. The second kappa shape index (κ2) is 6.86. The average Bonchev–Trinajstić information content (AvgIpc) is 2.28. The number of hydrogen-bond acceptors (Lipinski definition) is 3. The molecule has 1 amide bonds. The van der Waals surface area contributed by atoms with Crippen LogP contribution in [0, 0.1) is 5.92 Å². The number of likely N-dealkylation sites (tertiary alicyclic amines) is 1. The predicted molar refractivity (Wildman–Crippen MR) is 63.8 cm³/mol. The maximum atomic E-state index is 12.0. The summed E-state index contributed by atoms with van der Waals surface area (Å²) in [4.78, 5) is 19.2. The van der Waals surface area contributed by atoms with Crippen LogP contribution in [0.1, 0.15) is 40.0 Å². The quantitative estimate of drug-likeness (QED) is 0.726. The van der Waals surface area contributed by atoms with Gasteiger partial charge in [0.1, 0.15) is 6.04 Å². The van der Waals surface area contributed by atoms with Gasteiger partial charge in [0, 0.05) is 13.1 Å². The summed E-state index contributed by atoms with van der Waals surface area (Å²) in [5.74, 6) is 0.633. The van der Waals surface area contributed by atoms with Crippen LogP contribution in [0.2, 0.25) is 0 Å². The van der Waals surface area contributed by atoms with E-state index < -0.39 is 0 Å². The highest BCUT2D eigenvalue weighted by Gasteiger charge is 2.21. The summed E-state index contributed by atoms with van der Waals surface area (Å²) in [6, 6.07) is -0.239. The highest BCUT2D eigenvalue weighted by Crippen LogP contribution is 2.09. The van der Waals surface area contributed by atoms with Crippen molar-refractivity contribution in [3.63, 3.8) is 0 Å². The van der Waals surface area contributed by atoms with E-state index in [0.29, 0.717) is 12.5 Å². The molecule has 0 radical (unpaired) electrons. The fourth-order valence-corrected chi connectivity index (χ4v) is 1.78. The van der Waals surface area contributed by atoms with Gasteiger partial charge in [0.2, 0.25) is 5.91 Å². The number of amides is 1. The number of carbonyl (C=O) groups is 1. The number of hydrogen-bond donors (Lipinski definition) is 1. The zero-order valence-electron chi connectivity index (χ0n) is 10.7. The molecule has 1 aliphatic heterocycles. The summed E-state index contributed by atoms with van der Waals surface area (Å²) in [6.07, 6.45) is 3.51. The Balaban J connectivity index is 2.23. The van der Waals surface area contributed by atoms with Gasteiger partial charge in [0.05, 0.1) is 6.61 Å². The summed E-state index contributed by atoms with van der Waals surface area (Å²) in [5.41, 5.74) is 2.82. The number of nitrogens with one attached hydrogen (secondary N) is 1.